The van der Waals surface area contributed by atoms with Gasteiger partial charge in [-0.05, 0) is 23.3 Å². The average Bonchev–Trinajstić information content (AvgIpc) is 3.19. The molecule has 1 N–H and O–H groups in total. The van der Waals surface area contributed by atoms with Crippen molar-refractivity contribution in [1.29, 1.82) is 0 Å². The topological polar surface area (TPSA) is 42.1 Å². The van der Waals surface area contributed by atoms with Crippen molar-refractivity contribution in [2.24, 2.45) is 0 Å². The van der Waals surface area contributed by atoms with Crippen LogP contribution in [0.3, 0.4) is 0 Å². The van der Waals surface area contributed by atoms with Crippen molar-refractivity contribution in [2.45, 2.75) is 5.92 Å². The number of nitrogens with one attached hydrogen (secondary N) is 1. The molecule has 0 unspecified atom stereocenters. The van der Waals surface area contributed by atoms with E-state index in [1.54, 1.807) is 0 Å². The van der Waals surface area contributed by atoms with Crippen LogP contribution < -0.4 is 0 Å². The number of H-pyrrole nitrogens is 1. The largest absolute Gasteiger partial charge is 0.465 e. The molecule has 0 fully saturated rings. The lowest BCUT2D eigenvalue weighted by Gasteiger charge is -2.22. The average molecular weight is 391 g/mol. The van der Waals surface area contributed by atoms with Gasteiger partial charge >= 0.3 is 5.97 Å². The van der Waals surface area contributed by atoms with E-state index in [1.807, 2.05) is 60.7 Å². The molecule has 0 spiro atoms. The molecule has 1 heterocycles. The number of aromatic amines is 1. The first-order chi connectivity index (χ1) is 14.8. The Hall–Kier alpha value is -3.85. The normalized spacial score (nSPS) is 11.3. The number of ether oxygens (including phenoxy) is 1. The predicted octanol–water partition coefficient (Wildman–Crippen LogP) is 6.29. The van der Waals surface area contributed by atoms with Gasteiger partial charge in [-0.1, -0.05) is 84.9 Å². The molecule has 0 saturated heterocycles. The zero-order chi connectivity index (χ0) is 20.5. The summed E-state index contributed by atoms with van der Waals surface area (Å²) in [6, 6.07) is 32.7. The van der Waals surface area contributed by atoms with Crippen LogP contribution in [0, 0.1) is 0 Å². The van der Waals surface area contributed by atoms with Crippen molar-refractivity contribution in [3.63, 3.8) is 0 Å². The van der Waals surface area contributed by atoms with Crippen LogP contribution in [0.4, 0.5) is 0 Å². The second-order valence-corrected chi connectivity index (χ2v) is 7.37. The minimum Gasteiger partial charge on any atom is -0.465 e. The highest BCUT2D eigenvalue weighted by Gasteiger charge is 2.26. The molecule has 0 aliphatic rings. The van der Waals surface area contributed by atoms with E-state index in [4.69, 9.17) is 4.74 Å². The molecule has 0 aliphatic heterocycles. The van der Waals surface area contributed by atoms with E-state index in [9.17, 15) is 4.79 Å². The zero-order valence-corrected chi connectivity index (χ0v) is 16.6. The first kappa shape index (κ1) is 18.2. The molecule has 5 aromatic rings. The summed E-state index contributed by atoms with van der Waals surface area (Å²) in [5, 5.41) is 2.25. The number of hydrogen-bond acceptors (Lipinski definition) is 2. The molecule has 1 aromatic heterocycles. The Morgan fingerprint density at radius 3 is 1.97 bits per heavy atom. The van der Waals surface area contributed by atoms with Gasteiger partial charge in [0.1, 0.15) is 0 Å². The lowest BCUT2D eigenvalue weighted by atomic mass is 9.81. The Morgan fingerprint density at radius 1 is 0.733 bits per heavy atom. The van der Waals surface area contributed by atoms with E-state index in [-0.39, 0.29) is 11.9 Å². The number of rotatable bonds is 4. The number of para-hydroxylation sites is 1. The Kier molecular flexibility index (Phi) is 4.56. The molecule has 4 aromatic carbocycles. The van der Waals surface area contributed by atoms with Gasteiger partial charge in [0.25, 0.3) is 0 Å². The van der Waals surface area contributed by atoms with Crippen LogP contribution in [0.15, 0.2) is 97.1 Å². The van der Waals surface area contributed by atoms with Gasteiger partial charge in [0.2, 0.25) is 0 Å². The van der Waals surface area contributed by atoms with Crippen molar-refractivity contribution >= 4 is 27.8 Å². The van der Waals surface area contributed by atoms with Crippen LogP contribution in [0.5, 0.6) is 0 Å². The molecular formula is C27H21NO2. The van der Waals surface area contributed by atoms with Crippen LogP contribution in [0.2, 0.25) is 0 Å². The monoisotopic (exact) mass is 391 g/mol. The minimum atomic E-state index is -0.331. The van der Waals surface area contributed by atoms with Crippen molar-refractivity contribution < 1.29 is 9.53 Å². The van der Waals surface area contributed by atoms with E-state index in [2.05, 4.69) is 41.4 Å². The highest BCUT2D eigenvalue weighted by Crippen LogP contribution is 2.40. The lowest BCUT2D eigenvalue weighted by Crippen LogP contribution is -2.12. The molecule has 0 atom stereocenters. The van der Waals surface area contributed by atoms with E-state index in [0.717, 1.165) is 38.5 Å². The van der Waals surface area contributed by atoms with Gasteiger partial charge in [0.15, 0.2) is 0 Å². The molecule has 0 saturated carbocycles. The standard InChI is InChI=1S/C27H21NO2/c1-30-27(29)22-17-16-21-20-14-8-9-15-23(20)28-26(21)25(22)24(18-10-4-2-5-11-18)19-12-6-3-7-13-19/h2-17,24,28H,1H3. The summed E-state index contributed by atoms with van der Waals surface area (Å²) >= 11 is 0. The van der Waals surface area contributed by atoms with Gasteiger partial charge in [-0.2, -0.15) is 0 Å². The quantitative estimate of drug-likeness (QED) is 0.289. The van der Waals surface area contributed by atoms with Crippen LogP contribution >= 0.6 is 0 Å². The summed E-state index contributed by atoms with van der Waals surface area (Å²) in [7, 11) is 1.43. The number of fused-ring (bicyclic) bond motifs is 3. The maximum absolute atomic E-state index is 12.8. The van der Waals surface area contributed by atoms with E-state index in [1.165, 1.54) is 7.11 Å². The molecule has 3 nitrogen and oxygen atoms in total. The first-order valence-corrected chi connectivity index (χ1v) is 9.99. The molecule has 0 amide bonds. The molecule has 30 heavy (non-hydrogen) atoms. The maximum Gasteiger partial charge on any atom is 0.338 e. The van der Waals surface area contributed by atoms with E-state index in [0.29, 0.717) is 5.56 Å². The third-order valence-electron chi connectivity index (χ3n) is 5.68. The summed E-state index contributed by atoms with van der Waals surface area (Å²) < 4.78 is 5.17. The molecular weight excluding hydrogens is 370 g/mol. The summed E-state index contributed by atoms with van der Waals surface area (Å²) in [6.45, 7) is 0. The first-order valence-electron chi connectivity index (χ1n) is 9.99. The van der Waals surface area contributed by atoms with Crippen molar-refractivity contribution in [2.75, 3.05) is 7.11 Å². The second-order valence-electron chi connectivity index (χ2n) is 7.37. The predicted molar refractivity (Wildman–Crippen MR) is 121 cm³/mol. The number of carbonyl (C=O) groups is 1. The molecule has 0 aliphatic carbocycles. The molecule has 0 bridgehead atoms. The molecule has 146 valence electrons. The number of methoxy groups -OCH3 is 1. The number of esters is 1. The zero-order valence-electron chi connectivity index (χ0n) is 16.6. The Balaban J connectivity index is 1.91. The maximum atomic E-state index is 12.8. The van der Waals surface area contributed by atoms with Gasteiger partial charge in [0, 0.05) is 27.8 Å². The van der Waals surface area contributed by atoms with Crippen molar-refractivity contribution in [3.05, 3.63) is 119 Å². The SMILES string of the molecule is COC(=O)c1ccc2c([nH]c3ccccc32)c1C(c1ccccc1)c1ccccc1. The van der Waals surface area contributed by atoms with Crippen LogP contribution in [-0.4, -0.2) is 18.1 Å². The smallest absolute Gasteiger partial charge is 0.338 e. The van der Waals surface area contributed by atoms with Crippen LogP contribution in [0.25, 0.3) is 21.8 Å². The molecule has 3 heteroatoms. The number of hydrogen-bond donors (Lipinski definition) is 1. The fraction of sp³-hybridized carbons (Fsp3) is 0.0741. The van der Waals surface area contributed by atoms with Crippen molar-refractivity contribution in [3.8, 4) is 0 Å². The van der Waals surface area contributed by atoms with Gasteiger partial charge in [-0.3, -0.25) is 0 Å². The number of benzene rings is 4. The van der Waals surface area contributed by atoms with Gasteiger partial charge in [0.05, 0.1) is 18.2 Å². The number of aromatic nitrogens is 1. The minimum absolute atomic E-state index is 0.113. The highest BCUT2D eigenvalue weighted by atomic mass is 16.5. The highest BCUT2D eigenvalue weighted by molar-refractivity contribution is 6.11. The Bertz CT molecular complexity index is 1300. The van der Waals surface area contributed by atoms with Crippen LogP contribution in [0.1, 0.15) is 33.0 Å². The summed E-state index contributed by atoms with van der Waals surface area (Å²) in [4.78, 5) is 16.4. The van der Waals surface area contributed by atoms with Crippen LogP contribution in [-0.2, 0) is 4.74 Å². The Morgan fingerprint density at radius 2 is 1.33 bits per heavy atom. The summed E-state index contributed by atoms with van der Waals surface area (Å²) in [6.07, 6.45) is 0. The second kappa shape index (κ2) is 7.53. The fourth-order valence-corrected chi connectivity index (χ4v) is 4.34. The third-order valence-corrected chi connectivity index (χ3v) is 5.68. The molecule has 5 rings (SSSR count). The summed E-state index contributed by atoms with van der Waals surface area (Å²) in [5.41, 5.74) is 5.79. The Labute approximate surface area is 174 Å². The lowest BCUT2D eigenvalue weighted by molar-refractivity contribution is 0.0599. The van der Waals surface area contributed by atoms with E-state index >= 15 is 0 Å². The van der Waals surface area contributed by atoms with Gasteiger partial charge in [-0.25, -0.2) is 4.79 Å². The summed E-state index contributed by atoms with van der Waals surface area (Å²) in [5.74, 6) is -0.444. The van der Waals surface area contributed by atoms with Crippen molar-refractivity contribution in [1.82, 2.24) is 4.98 Å². The van der Waals surface area contributed by atoms with Gasteiger partial charge in [-0.15, -0.1) is 0 Å². The van der Waals surface area contributed by atoms with E-state index < -0.39 is 0 Å². The molecule has 0 radical (unpaired) electrons. The number of carbonyl (C=O) groups excluding carboxylic acids is 1. The fourth-order valence-electron chi connectivity index (χ4n) is 4.34. The third kappa shape index (κ3) is 2.96. The van der Waals surface area contributed by atoms with Gasteiger partial charge < -0.3 is 9.72 Å².